The molecule has 9 heteroatoms. The number of aromatic nitrogens is 3. The van der Waals surface area contributed by atoms with Crippen molar-refractivity contribution < 1.29 is 12.8 Å². The van der Waals surface area contributed by atoms with E-state index >= 15 is 0 Å². The van der Waals surface area contributed by atoms with Crippen LogP contribution in [0.15, 0.2) is 27.8 Å². The molecule has 0 radical (unpaired) electrons. The van der Waals surface area contributed by atoms with E-state index in [9.17, 15) is 12.8 Å². The summed E-state index contributed by atoms with van der Waals surface area (Å²) in [6, 6.07) is 4.18. The minimum atomic E-state index is -3.96. The Hall–Kier alpha value is -0.990. The summed E-state index contributed by atoms with van der Waals surface area (Å²) in [4.78, 5) is 0. The molecule has 0 N–H and O–H groups in total. The third-order valence-corrected chi connectivity index (χ3v) is 4.04. The molecule has 0 bridgehead atoms. The van der Waals surface area contributed by atoms with E-state index in [0.717, 1.165) is 0 Å². The molecule has 2 aromatic rings. The largest absolute Gasteiger partial charge is 0.300 e. The van der Waals surface area contributed by atoms with Crippen LogP contribution in [0.5, 0.6) is 0 Å². The molecule has 0 aliphatic rings. The third-order valence-electron chi connectivity index (χ3n) is 2.23. The molecule has 2 rings (SSSR count). The topological polar surface area (TPSA) is 64.8 Å². The molecule has 0 aliphatic heterocycles. The Kier molecular flexibility index (Phi) is 3.43. The van der Waals surface area contributed by atoms with Gasteiger partial charge < -0.3 is 0 Å². The zero-order chi connectivity index (χ0) is 13.5. The summed E-state index contributed by atoms with van der Waals surface area (Å²) in [7, 11) is 2.70. The molecule has 0 aliphatic carbocycles. The third kappa shape index (κ3) is 2.40. The van der Waals surface area contributed by atoms with Crippen molar-refractivity contribution >= 4 is 35.7 Å². The summed E-state index contributed by atoms with van der Waals surface area (Å²) >= 11 is 3.04. The van der Waals surface area contributed by atoms with Crippen LogP contribution >= 0.6 is 26.6 Å². The first-order chi connectivity index (χ1) is 8.30. The van der Waals surface area contributed by atoms with Crippen LogP contribution in [-0.4, -0.2) is 23.2 Å². The first-order valence-electron chi connectivity index (χ1n) is 4.60. The van der Waals surface area contributed by atoms with Crippen molar-refractivity contribution in [3.8, 4) is 11.4 Å². The lowest BCUT2D eigenvalue weighted by Crippen LogP contribution is -2.02. The molecule has 5 nitrogen and oxygen atoms in total. The summed E-state index contributed by atoms with van der Waals surface area (Å²) in [5, 5.41) is 6.87. The summed E-state index contributed by atoms with van der Waals surface area (Å²) in [6.07, 6.45) is 0. The van der Waals surface area contributed by atoms with Gasteiger partial charge in [0.15, 0.2) is 5.82 Å². The highest BCUT2D eigenvalue weighted by Gasteiger charge is 2.21. The summed E-state index contributed by atoms with van der Waals surface area (Å²) in [5.74, 6) is -0.152. The fourth-order valence-electron chi connectivity index (χ4n) is 1.41. The lowest BCUT2D eigenvalue weighted by molar-refractivity contribution is 0.593. The Balaban J connectivity index is 2.59. The molecule has 0 saturated carbocycles. The Morgan fingerprint density at radius 2 is 2.06 bits per heavy atom. The van der Waals surface area contributed by atoms with Crippen LogP contribution in [-0.2, 0) is 16.1 Å². The molecule has 18 heavy (non-hydrogen) atoms. The number of halogens is 3. The Morgan fingerprint density at radius 1 is 1.39 bits per heavy atom. The number of hydrogen-bond acceptors (Lipinski definition) is 4. The summed E-state index contributed by atoms with van der Waals surface area (Å²) in [6.45, 7) is 0. The van der Waals surface area contributed by atoms with Gasteiger partial charge in [-0.1, -0.05) is 0 Å². The van der Waals surface area contributed by atoms with Gasteiger partial charge in [0.1, 0.15) is 5.82 Å². The SMILES string of the molecule is Cn1c(-c2ccc(F)c(Br)c2)nnc1S(=O)(=O)Cl. The van der Waals surface area contributed by atoms with Gasteiger partial charge in [0.05, 0.1) is 4.47 Å². The van der Waals surface area contributed by atoms with E-state index in [4.69, 9.17) is 10.7 Å². The van der Waals surface area contributed by atoms with Crippen molar-refractivity contribution in [1.82, 2.24) is 14.8 Å². The standard InChI is InChI=1S/C9H6BrClFN3O2S/c1-15-8(13-14-9(15)18(11,16)17)5-2-3-7(12)6(10)4-5/h2-4H,1H3. The first-order valence-corrected chi connectivity index (χ1v) is 7.70. The van der Waals surface area contributed by atoms with Crippen LogP contribution < -0.4 is 0 Å². The second kappa shape index (κ2) is 4.60. The van der Waals surface area contributed by atoms with Gasteiger partial charge in [0.2, 0.25) is 0 Å². The molecule has 1 aromatic heterocycles. The monoisotopic (exact) mass is 353 g/mol. The Morgan fingerprint density at radius 3 is 2.56 bits per heavy atom. The normalized spacial score (nSPS) is 11.8. The predicted molar refractivity (Wildman–Crippen MR) is 67.1 cm³/mol. The second-order valence-electron chi connectivity index (χ2n) is 3.43. The molecule has 1 heterocycles. The van der Waals surface area contributed by atoms with E-state index in [1.807, 2.05) is 0 Å². The Bertz CT molecular complexity index is 717. The Labute approximate surface area is 115 Å². The van der Waals surface area contributed by atoms with E-state index in [1.54, 1.807) is 0 Å². The van der Waals surface area contributed by atoms with Crippen molar-refractivity contribution in [3.05, 3.63) is 28.5 Å². The molecule has 0 fully saturated rings. The molecular formula is C9H6BrClFN3O2S. The molecule has 0 atom stereocenters. The van der Waals surface area contributed by atoms with Gasteiger partial charge in [-0.2, -0.15) is 0 Å². The van der Waals surface area contributed by atoms with Gasteiger partial charge in [-0.3, -0.25) is 4.57 Å². The predicted octanol–water partition coefficient (Wildman–Crippen LogP) is 2.31. The van der Waals surface area contributed by atoms with Gasteiger partial charge in [-0.05, 0) is 34.1 Å². The lowest BCUT2D eigenvalue weighted by Gasteiger charge is -2.03. The zero-order valence-electron chi connectivity index (χ0n) is 8.93. The summed E-state index contributed by atoms with van der Waals surface area (Å²) < 4.78 is 37.0. The minimum absolute atomic E-state index is 0.248. The van der Waals surface area contributed by atoms with Crippen molar-refractivity contribution in [2.24, 2.45) is 7.05 Å². The number of nitrogens with zero attached hydrogens (tertiary/aromatic N) is 3. The van der Waals surface area contributed by atoms with E-state index in [0.29, 0.717) is 5.56 Å². The number of benzene rings is 1. The van der Waals surface area contributed by atoms with Crippen molar-refractivity contribution in [2.45, 2.75) is 5.16 Å². The van der Waals surface area contributed by atoms with Gasteiger partial charge in [0.25, 0.3) is 14.2 Å². The van der Waals surface area contributed by atoms with Crippen LogP contribution in [0.4, 0.5) is 4.39 Å². The van der Waals surface area contributed by atoms with Crippen LogP contribution in [0.1, 0.15) is 0 Å². The van der Waals surface area contributed by atoms with Crippen molar-refractivity contribution in [3.63, 3.8) is 0 Å². The molecule has 1 aromatic carbocycles. The maximum Gasteiger partial charge on any atom is 0.296 e. The molecular weight excluding hydrogens is 349 g/mol. The highest BCUT2D eigenvalue weighted by atomic mass is 79.9. The maximum absolute atomic E-state index is 13.1. The smallest absolute Gasteiger partial charge is 0.296 e. The van der Waals surface area contributed by atoms with Gasteiger partial charge in [0, 0.05) is 23.3 Å². The van der Waals surface area contributed by atoms with Gasteiger partial charge >= 0.3 is 0 Å². The molecule has 0 amide bonds. The molecule has 0 unspecified atom stereocenters. The average molecular weight is 355 g/mol. The van der Waals surface area contributed by atoms with Crippen LogP contribution in [0.3, 0.4) is 0 Å². The van der Waals surface area contributed by atoms with Crippen LogP contribution in [0.2, 0.25) is 0 Å². The van der Waals surface area contributed by atoms with E-state index < -0.39 is 14.9 Å². The zero-order valence-corrected chi connectivity index (χ0v) is 12.1. The quantitative estimate of drug-likeness (QED) is 0.776. The van der Waals surface area contributed by atoms with Crippen molar-refractivity contribution in [2.75, 3.05) is 0 Å². The molecule has 0 saturated heterocycles. The highest BCUT2D eigenvalue weighted by Crippen LogP contribution is 2.25. The second-order valence-corrected chi connectivity index (χ2v) is 6.75. The van der Waals surface area contributed by atoms with Gasteiger partial charge in [-0.15, -0.1) is 10.2 Å². The lowest BCUT2D eigenvalue weighted by atomic mass is 10.2. The van der Waals surface area contributed by atoms with Gasteiger partial charge in [-0.25, -0.2) is 12.8 Å². The van der Waals surface area contributed by atoms with E-state index in [-0.39, 0.29) is 15.5 Å². The van der Waals surface area contributed by atoms with Crippen LogP contribution in [0, 0.1) is 5.82 Å². The van der Waals surface area contributed by atoms with Crippen LogP contribution in [0.25, 0.3) is 11.4 Å². The molecule has 0 spiro atoms. The average Bonchev–Trinajstić information content (AvgIpc) is 2.64. The maximum atomic E-state index is 13.1. The summed E-state index contributed by atoms with van der Waals surface area (Å²) in [5.41, 5.74) is 0.518. The number of rotatable bonds is 2. The van der Waals surface area contributed by atoms with E-state index in [2.05, 4.69) is 26.1 Å². The highest BCUT2D eigenvalue weighted by molar-refractivity contribution is 9.10. The fourth-order valence-corrected chi connectivity index (χ4v) is 2.75. The number of hydrogen-bond donors (Lipinski definition) is 0. The van der Waals surface area contributed by atoms with Crippen molar-refractivity contribution in [1.29, 1.82) is 0 Å². The fraction of sp³-hybridized carbons (Fsp3) is 0.111. The molecule has 96 valence electrons. The van der Waals surface area contributed by atoms with E-state index in [1.165, 1.54) is 29.8 Å². The first kappa shape index (κ1) is 13.4. The minimum Gasteiger partial charge on any atom is -0.300 e.